The summed E-state index contributed by atoms with van der Waals surface area (Å²) in [5.74, 6) is 1.32. The van der Waals surface area contributed by atoms with Crippen LogP contribution in [0.4, 0.5) is 17.1 Å². The molecule has 3 N–H and O–H groups in total. The number of nitrogens with zero attached hydrogens (tertiary/aromatic N) is 1. The molecule has 1 amide bonds. The molecule has 4 rings (SSSR count). The summed E-state index contributed by atoms with van der Waals surface area (Å²) >= 11 is 0. The first-order valence-electron chi connectivity index (χ1n) is 8.52. The summed E-state index contributed by atoms with van der Waals surface area (Å²) in [7, 11) is 0. The van der Waals surface area contributed by atoms with Gasteiger partial charge in [-0.15, -0.1) is 12.4 Å². The maximum atomic E-state index is 12.5. The molecule has 2 aliphatic heterocycles. The van der Waals surface area contributed by atoms with Crippen LogP contribution in [-0.2, 0) is 11.2 Å². The molecule has 26 heavy (non-hydrogen) atoms. The van der Waals surface area contributed by atoms with Gasteiger partial charge in [0.05, 0.1) is 6.54 Å². The second-order valence-electron chi connectivity index (χ2n) is 6.28. The van der Waals surface area contributed by atoms with Crippen LogP contribution in [0.15, 0.2) is 36.4 Å². The molecule has 0 atom stereocenters. The van der Waals surface area contributed by atoms with Crippen molar-refractivity contribution in [3.05, 3.63) is 42.0 Å². The number of nitrogen functional groups attached to an aromatic ring is 1. The highest BCUT2D eigenvalue weighted by molar-refractivity contribution is 5.94. The minimum atomic E-state index is -0.0630. The number of hydrogen-bond acceptors (Lipinski definition) is 5. The predicted molar refractivity (Wildman–Crippen MR) is 105 cm³/mol. The van der Waals surface area contributed by atoms with Crippen LogP contribution in [0.1, 0.15) is 12.0 Å². The number of carbonyl (C=O) groups excluding carboxylic acids is 1. The van der Waals surface area contributed by atoms with Gasteiger partial charge in [-0.25, -0.2) is 0 Å². The summed E-state index contributed by atoms with van der Waals surface area (Å²) in [5, 5.41) is 2.94. The first kappa shape index (κ1) is 18.2. The molecule has 0 aromatic heterocycles. The molecule has 0 saturated carbocycles. The van der Waals surface area contributed by atoms with Gasteiger partial charge in [0.1, 0.15) is 13.2 Å². The minimum Gasteiger partial charge on any atom is -0.486 e. The fourth-order valence-electron chi connectivity index (χ4n) is 3.39. The molecular formula is C19H22ClN3O3. The first-order valence-corrected chi connectivity index (χ1v) is 8.52. The lowest BCUT2D eigenvalue weighted by molar-refractivity contribution is -0.115. The average molecular weight is 376 g/mol. The number of benzene rings is 2. The highest BCUT2D eigenvalue weighted by Crippen LogP contribution is 2.33. The zero-order valence-corrected chi connectivity index (χ0v) is 15.2. The summed E-state index contributed by atoms with van der Waals surface area (Å²) in [6.45, 7) is 2.22. The Labute approximate surface area is 158 Å². The van der Waals surface area contributed by atoms with E-state index in [1.807, 2.05) is 30.3 Å². The van der Waals surface area contributed by atoms with E-state index in [0.717, 1.165) is 36.3 Å². The van der Waals surface area contributed by atoms with Gasteiger partial charge >= 0.3 is 0 Å². The van der Waals surface area contributed by atoms with Gasteiger partial charge in [0.15, 0.2) is 11.5 Å². The topological polar surface area (TPSA) is 76.8 Å². The number of nitrogens with one attached hydrogen (secondary N) is 1. The summed E-state index contributed by atoms with van der Waals surface area (Å²) in [6, 6.07) is 11.3. The lowest BCUT2D eigenvalue weighted by Gasteiger charge is -2.31. The van der Waals surface area contributed by atoms with Gasteiger partial charge in [-0.2, -0.15) is 0 Å². The van der Waals surface area contributed by atoms with Crippen LogP contribution in [0.5, 0.6) is 11.5 Å². The van der Waals surface area contributed by atoms with Crippen molar-refractivity contribution in [1.29, 1.82) is 0 Å². The van der Waals surface area contributed by atoms with E-state index in [1.54, 1.807) is 6.07 Å². The largest absolute Gasteiger partial charge is 0.486 e. The van der Waals surface area contributed by atoms with Crippen molar-refractivity contribution in [2.24, 2.45) is 0 Å². The summed E-state index contributed by atoms with van der Waals surface area (Å²) in [4.78, 5) is 14.6. The number of carbonyl (C=O) groups is 1. The standard InChI is InChI=1S/C19H21N3O3.ClH/c20-15-4-1-5-16-14(15)3-2-8-22(16)12-19(23)21-13-6-7-17-18(11-13)25-10-9-24-17;/h1,4-7,11H,2-3,8-10,12,20H2,(H,21,23);1H. The third kappa shape index (κ3) is 3.65. The van der Waals surface area contributed by atoms with Gasteiger partial charge in [0, 0.05) is 29.7 Å². The van der Waals surface area contributed by atoms with Crippen molar-refractivity contribution >= 4 is 35.4 Å². The molecular weight excluding hydrogens is 354 g/mol. The Balaban J connectivity index is 0.00000196. The number of ether oxygens (including phenoxy) is 2. The quantitative estimate of drug-likeness (QED) is 0.807. The third-order valence-electron chi connectivity index (χ3n) is 4.54. The van der Waals surface area contributed by atoms with E-state index in [-0.39, 0.29) is 18.3 Å². The second-order valence-corrected chi connectivity index (χ2v) is 6.28. The van der Waals surface area contributed by atoms with E-state index >= 15 is 0 Å². The molecule has 2 aromatic rings. The van der Waals surface area contributed by atoms with Crippen molar-refractivity contribution in [2.75, 3.05) is 42.3 Å². The Bertz CT molecular complexity index is 813. The maximum absolute atomic E-state index is 12.5. The number of fused-ring (bicyclic) bond motifs is 2. The number of anilines is 3. The smallest absolute Gasteiger partial charge is 0.243 e. The van der Waals surface area contributed by atoms with E-state index < -0.39 is 0 Å². The van der Waals surface area contributed by atoms with E-state index in [2.05, 4.69) is 10.2 Å². The normalized spacial score (nSPS) is 14.8. The lowest BCUT2D eigenvalue weighted by atomic mass is 10.00. The highest BCUT2D eigenvalue weighted by atomic mass is 35.5. The number of hydrogen-bond donors (Lipinski definition) is 2. The number of nitrogens with two attached hydrogens (primary N) is 1. The monoisotopic (exact) mass is 375 g/mol. The minimum absolute atomic E-state index is 0. The Morgan fingerprint density at radius 2 is 1.96 bits per heavy atom. The van der Waals surface area contributed by atoms with Crippen molar-refractivity contribution in [3.63, 3.8) is 0 Å². The zero-order valence-electron chi connectivity index (χ0n) is 14.4. The van der Waals surface area contributed by atoms with Gasteiger partial charge in [0.2, 0.25) is 5.91 Å². The Morgan fingerprint density at radius 3 is 2.81 bits per heavy atom. The Hall–Kier alpha value is -2.60. The molecule has 138 valence electrons. The fourth-order valence-corrected chi connectivity index (χ4v) is 3.39. The van der Waals surface area contributed by atoms with Crippen molar-refractivity contribution in [2.45, 2.75) is 12.8 Å². The summed E-state index contributed by atoms with van der Waals surface area (Å²) in [5.41, 5.74) is 9.78. The first-order chi connectivity index (χ1) is 12.2. The van der Waals surface area contributed by atoms with Crippen LogP contribution in [-0.4, -0.2) is 32.2 Å². The van der Waals surface area contributed by atoms with E-state index in [0.29, 0.717) is 36.9 Å². The highest BCUT2D eigenvalue weighted by Gasteiger charge is 2.21. The second kappa shape index (κ2) is 7.74. The zero-order chi connectivity index (χ0) is 17.2. The van der Waals surface area contributed by atoms with E-state index in [9.17, 15) is 4.79 Å². The molecule has 0 fully saturated rings. The Kier molecular flexibility index (Phi) is 5.42. The van der Waals surface area contributed by atoms with Gasteiger partial charge in [-0.05, 0) is 42.7 Å². The molecule has 0 aliphatic carbocycles. The number of rotatable bonds is 3. The average Bonchev–Trinajstić information content (AvgIpc) is 2.62. The lowest BCUT2D eigenvalue weighted by Crippen LogP contribution is -2.37. The molecule has 0 unspecified atom stereocenters. The molecule has 2 heterocycles. The maximum Gasteiger partial charge on any atom is 0.243 e. The van der Waals surface area contributed by atoms with Crippen LogP contribution in [0.2, 0.25) is 0 Å². The van der Waals surface area contributed by atoms with Crippen molar-refractivity contribution in [3.8, 4) is 11.5 Å². The van der Waals surface area contributed by atoms with Gasteiger partial charge in [-0.1, -0.05) is 6.07 Å². The van der Waals surface area contributed by atoms with Crippen molar-refractivity contribution in [1.82, 2.24) is 0 Å². The van der Waals surface area contributed by atoms with Crippen LogP contribution < -0.4 is 25.4 Å². The predicted octanol–water partition coefficient (Wildman–Crippen LogP) is 2.85. The van der Waals surface area contributed by atoms with Crippen LogP contribution in [0, 0.1) is 0 Å². The third-order valence-corrected chi connectivity index (χ3v) is 4.54. The molecule has 0 spiro atoms. The van der Waals surface area contributed by atoms with Gasteiger partial charge < -0.3 is 25.4 Å². The molecule has 0 saturated heterocycles. The summed E-state index contributed by atoms with van der Waals surface area (Å²) < 4.78 is 11.1. The summed E-state index contributed by atoms with van der Waals surface area (Å²) in [6.07, 6.45) is 1.96. The fraction of sp³-hybridized carbons (Fsp3) is 0.316. The molecule has 0 bridgehead atoms. The van der Waals surface area contributed by atoms with Crippen molar-refractivity contribution < 1.29 is 14.3 Å². The molecule has 0 radical (unpaired) electrons. The van der Waals surface area contributed by atoms with Crippen LogP contribution >= 0.6 is 12.4 Å². The van der Waals surface area contributed by atoms with Crippen LogP contribution in [0.3, 0.4) is 0 Å². The van der Waals surface area contributed by atoms with Gasteiger partial charge in [0.25, 0.3) is 0 Å². The van der Waals surface area contributed by atoms with Crippen LogP contribution in [0.25, 0.3) is 0 Å². The SMILES string of the molecule is Cl.Nc1cccc2c1CCCN2CC(=O)Nc1ccc2c(c1)OCCO2. The number of amides is 1. The van der Waals surface area contributed by atoms with E-state index in [4.69, 9.17) is 15.2 Å². The number of halogens is 1. The Morgan fingerprint density at radius 1 is 1.15 bits per heavy atom. The molecule has 6 nitrogen and oxygen atoms in total. The molecule has 2 aromatic carbocycles. The van der Waals surface area contributed by atoms with Gasteiger partial charge in [-0.3, -0.25) is 4.79 Å². The molecule has 7 heteroatoms. The molecule has 2 aliphatic rings. The van der Waals surface area contributed by atoms with E-state index in [1.165, 1.54) is 0 Å².